The van der Waals surface area contributed by atoms with Crippen LogP contribution in [0.3, 0.4) is 0 Å². The number of hydrogen-bond donors (Lipinski definition) is 2. The number of benzene rings is 2. The van der Waals surface area contributed by atoms with Gasteiger partial charge in [0.1, 0.15) is 0 Å². The molecule has 1 unspecified atom stereocenters. The first-order valence-corrected chi connectivity index (χ1v) is 8.77. The second-order valence-electron chi connectivity index (χ2n) is 6.78. The lowest BCUT2D eigenvalue weighted by Gasteiger charge is -2.33. The number of likely N-dealkylation sites (N-methyl/N-ethyl adjacent to an activating group) is 1. The summed E-state index contributed by atoms with van der Waals surface area (Å²) < 4.78 is 16.9. The molecule has 136 valence electrons. The summed E-state index contributed by atoms with van der Waals surface area (Å²) in [7, 11) is 3.81. The van der Waals surface area contributed by atoms with Gasteiger partial charge in [0.05, 0.1) is 26.3 Å². The largest absolute Gasteiger partial charge is 0.492 e. The number of nitrogens with one attached hydrogen (secondary N) is 2. The number of ketones is 1. The van der Waals surface area contributed by atoms with Gasteiger partial charge in [0, 0.05) is 17.7 Å². The fourth-order valence-electron chi connectivity index (χ4n) is 3.72. The summed E-state index contributed by atoms with van der Waals surface area (Å²) in [6, 6.07) is 9.66. The number of carbonyl (C=O) groups excluding carboxylic acids is 1. The molecule has 0 saturated heterocycles. The second kappa shape index (κ2) is 6.53. The summed E-state index contributed by atoms with van der Waals surface area (Å²) in [4.78, 5) is 13.0. The Bertz CT molecular complexity index is 865. The molecular weight excluding hydrogens is 332 g/mol. The van der Waals surface area contributed by atoms with Crippen molar-refractivity contribution in [3.05, 3.63) is 47.0 Å². The van der Waals surface area contributed by atoms with Gasteiger partial charge in [0.2, 0.25) is 12.5 Å². The van der Waals surface area contributed by atoms with Crippen molar-refractivity contribution in [2.75, 3.05) is 32.8 Å². The molecule has 2 N–H and O–H groups in total. The maximum Gasteiger partial charge on any atom is 0.231 e. The summed E-state index contributed by atoms with van der Waals surface area (Å²) in [6.45, 7) is 2.78. The summed E-state index contributed by atoms with van der Waals surface area (Å²) in [6.07, 6.45) is 0.935. The Morgan fingerprint density at radius 1 is 1.31 bits per heavy atom. The fourth-order valence-corrected chi connectivity index (χ4v) is 3.72. The lowest BCUT2D eigenvalue weighted by atomic mass is 9.94. The van der Waals surface area contributed by atoms with Gasteiger partial charge in [-0.1, -0.05) is 12.1 Å². The van der Waals surface area contributed by atoms with Crippen LogP contribution in [0.1, 0.15) is 34.6 Å². The van der Waals surface area contributed by atoms with E-state index in [1.165, 1.54) is 10.5 Å². The zero-order valence-corrected chi connectivity index (χ0v) is 15.2. The van der Waals surface area contributed by atoms with E-state index in [1.54, 1.807) is 14.0 Å². The smallest absolute Gasteiger partial charge is 0.231 e. The van der Waals surface area contributed by atoms with E-state index in [0.717, 1.165) is 35.7 Å². The number of fused-ring (bicyclic) bond motifs is 2. The predicted octanol–water partition coefficient (Wildman–Crippen LogP) is 1.81. The van der Waals surface area contributed by atoms with Crippen LogP contribution in [0.15, 0.2) is 30.3 Å². The van der Waals surface area contributed by atoms with Gasteiger partial charge in [0.25, 0.3) is 0 Å². The van der Waals surface area contributed by atoms with Crippen molar-refractivity contribution in [1.82, 2.24) is 0 Å². The number of ether oxygens (including phenoxy) is 3. The van der Waals surface area contributed by atoms with Crippen LogP contribution < -0.4 is 24.4 Å². The number of carbonyl (C=O) groups is 1. The van der Waals surface area contributed by atoms with E-state index in [2.05, 4.69) is 18.4 Å². The lowest BCUT2D eigenvalue weighted by molar-refractivity contribution is -0.910. The predicted molar refractivity (Wildman–Crippen MR) is 97.4 cm³/mol. The van der Waals surface area contributed by atoms with Crippen LogP contribution in [-0.2, 0) is 6.42 Å². The highest BCUT2D eigenvalue weighted by Crippen LogP contribution is 2.47. The fraction of sp³-hybridized carbons (Fsp3) is 0.350. The van der Waals surface area contributed by atoms with Gasteiger partial charge in [-0.3, -0.25) is 4.79 Å². The molecule has 26 heavy (non-hydrogen) atoms. The highest BCUT2D eigenvalue weighted by Gasteiger charge is 2.36. The van der Waals surface area contributed by atoms with Gasteiger partial charge in [-0.25, -0.2) is 0 Å². The Labute approximate surface area is 152 Å². The minimum atomic E-state index is -0.00888. The molecule has 0 amide bonds. The van der Waals surface area contributed by atoms with Crippen molar-refractivity contribution in [3.8, 4) is 17.2 Å². The Hall–Kier alpha value is -2.73. The number of hydrogen-bond acceptors (Lipinski definition) is 5. The van der Waals surface area contributed by atoms with E-state index >= 15 is 0 Å². The zero-order chi connectivity index (χ0) is 18.3. The molecule has 0 spiro atoms. The van der Waals surface area contributed by atoms with Crippen LogP contribution in [0.5, 0.6) is 17.2 Å². The van der Waals surface area contributed by atoms with Crippen LogP contribution in [-0.4, -0.2) is 33.3 Å². The van der Waals surface area contributed by atoms with Crippen molar-refractivity contribution in [1.29, 1.82) is 0 Å². The molecule has 0 aromatic heterocycles. The number of Topliss-reactive ketones (excluding diaryl/α,β-unsaturated/α-hetero) is 1. The average Bonchev–Trinajstić information content (AvgIpc) is 3.10. The van der Waals surface area contributed by atoms with Gasteiger partial charge in [-0.2, -0.15) is 0 Å². The van der Waals surface area contributed by atoms with E-state index in [9.17, 15) is 4.79 Å². The van der Waals surface area contributed by atoms with Gasteiger partial charge in [-0.15, -0.1) is 0 Å². The molecule has 2 aliphatic heterocycles. The van der Waals surface area contributed by atoms with Crippen LogP contribution >= 0.6 is 0 Å². The van der Waals surface area contributed by atoms with Gasteiger partial charge < -0.3 is 24.4 Å². The molecule has 4 rings (SSSR count). The number of anilines is 1. The van der Waals surface area contributed by atoms with Crippen molar-refractivity contribution < 1.29 is 23.9 Å². The maximum atomic E-state index is 11.7. The topological polar surface area (TPSA) is 61.2 Å². The Morgan fingerprint density at radius 2 is 2.15 bits per heavy atom. The molecule has 0 radical (unpaired) electrons. The summed E-state index contributed by atoms with van der Waals surface area (Å²) in [5.41, 5.74) is 3.90. The maximum absolute atomic E-state index is 11.7. The molecular formula is C20H23N2O4+. The lowest BCUT2D eigenvalue weighted by Crippen LogP contribution is -3.11. The third kappa shape index (κ3) is 2.76. The molecule has 0 aliphatic carbocycles. The second-order valence-corrected chi connectivity index (χ2v) is 6.78. The quantitative estimate of drug-likeness (QED) is 0.819. The first-order valence-electron chi connectivity index (χ1n) is 8.77. The molecule has 0 fully saturated rings. The van der Waals surface area contributed by atoms with Crippen molar-refractivity contribution in [3.63, 3.8) is 0 Å². The molecule has 0 saturated carbocycles. The zero-order valence-electron chi connectivity index (χ0n) is 15.2. The Balaban J connectivity index is 1.76. The summed E-state index contributed by atoms with van der Waals surface area (Å²) >= 11 is 0. The first-order chi connectivity index (χ1) is 12.6. The third-order valence-corrected chi connectivity index (χ3v) is 5.10. The monoisotopic (exact) mass is 355 g/mol. The molecule has 6 nitrogen and oxygen atoms in total. The molecule has 0 bridgehead atoms. The highest BCUT2D eigenvalue weighted by atomic mass is 16.7. The summed E-state index contributed by atoms with van der Waals surface area (Å²) in [5, 5.41) is 3.58. The van der Waals surface area contributed by atoms with E-state index in [1.807, 2.05) is 24.3 Å². The van der Waals surface area contributed by atoms with Crippen LogP contribution in [0.2, 0.25) is 0 Å². The minimum Gasteiger partial charge on any atom is -0.492 e. The average molecular weight is 355 g/mol. The van der Waals surface area contributed by atoms with Crippen LogP contribution in [0.25, 0.3) is 0 Å². The molecule has 2 aromatic carbocycles. The van der Waals surface area contributed by atoms with E-state index in [4.69, 9.17) is 14.2 Å². The Morgan fingerprint density at radius 3 is 2.92 bits per heavy atom. The van der Waals surface area contributed by atoms with E-state index in [-0.39, 0.29) is 18.7 Å². The minimum absolute atomic E-state index is 0.00888. The van der Waals surface area contributed by atoms with Crippen molar-refractivity contribution >= 4 is 11.5 Å². The van der Waals surface area contributed by atoms with Gasteiger partial charge in [-0.05, 0) is 30.7 Å². The highest BCUT2D eigenvalue weighted by molar-refractivity contribution is 5.94. The SMILES string of the molecule is COc1c2c(cc3c1[C@@H](Nc1cccc(C(C)=O)c1)[NH+](C)CC3)OCO2. The van der Waals surface area contributed by atoms with Gasteiger partial charge >= 0.3 is 0 Å². The van der Waals surface area contributed by atoms with Crippen molar-refractivity contribution in [2.45, 2.75) is 19.5 Å². The molecule has 2 atom stereocenters. The van der Waals surface area contributed by atoms with E-state index in [0.29, 0.717) is 11.3 Å². The number of rotatable bonds is 4. The normalized spacial score (nSPS) is 20.4. The molecule has 2 aromatic rings. The molecule has 2 heterocycles. The third-order valence-electron chi connectivity index (χ3n) is 5.10. The van der Waals surface area contributed by atoms with Gasteiger partial charge in [0.15, 0.2) is 23.4 Å². The van der Waals surface area contributed by atoms with Crippen LogP contribution in [0.4, 0.5) is 5.69 Å². The number of quaternary nitrogens is 1. The first kappa shape index (κ1) is 16.7. The molecule has 2 aliphatic rings. The molecule has 6 heteroatoms. The van der Waals surface area contributed by atoms with E-state index < -0.39 is 0 Å². The summed E-state index contributed by atoms with van der Waals surface area (Å²) in [5.74, 6) is 2.20. The van der Waals surface area contributed by atoms with Crippen molar-refractivity contribution in [2.24, 2.45) is 0 Å². The standard InChI is InChI=1S/C20H22N2O4/c1-12(23)13-5-4-6-15(9-13)21-20-17-14(7-8-22(20)2)10-16-18(19(17)24-3)26-11-25-16/h4-6,9-10,20-21H,7-8,11H2,1-3H3/p+1/t20-/m0/s1. The van der Waals surface area contributed by atoms with Crippen LogP contribution in [0, 0.1) is 0 Å². The number of methoxy groups -OCH3 is 1. The Kier molecular flexibility index (Phi) is 4.20.